The van der Waals surface area contributed by atoms with Gasteiger partial charge in [-0.3, -0.25) is 0 Å². The number of carbonyl (C=O) groups is 1. The minimum atomic E-state index is -0.305. The molecule has 0 aliphatic rings. The van der Waals surface area contributed by atoms with Gasteiger partial charge in [0, 0.05) is 6.04 Å². The number of aryl methyl sites for hydroxylation is 1. The van der Waals surface area contributed by atoms with Gasteiger partial charge >= 0.3 is 5.97 Å². The fourth-order valence-corrected chi connectivity index (χ4v) is 1.09. The van der Waals surface area contributed by atoms with E-state index in [2.05, 4.69) is 0 Å². The number of carbonyl (C=O) groups excluding carboxylic acids is 1. The third-order valence-corrected chi connectivity index (χ3v) is 1.84. The lowest BCUT2D eigenvalue weighted by Gasteiger charge is -2.08. The van der Waals surface area contributed by atoms with E-state index < -0.39 is 0 Å². The first-order valence-electron chi connectivity index (χ1n) is 4.59. The Morgan fingerprint density at radius 3 is 2.71 bits per heavy atom. The van der Waals surface area contributed by atoms with E-state index in [1.54, 1.807) is 13.0 Å². The molecule has 0 radical (unpaired) electrons. The number of hydrogen-bond acceptors (Lipinski definition) is 3. The van der Waals surface area contributed by atoms with Crippen molar-refractivity contribution in [2.75, 3.05) is 6.61 Å². The van der Waals surface area contributed by atoms with Crippen molar-refractivity contribution in [1.29, 1.82) is 0 Å². The Morgan fingerprint density at radius 2 is 2.14 bits per heavy atom. The van der Waals surface area contributed by atoms with Gasteiger partial charge in [-0.2, -0.15) is 0 Å². The van der Waals surface area contributed by atoms with E-state index >= 15 is 0 Å². The molecular formula is C11H15NO2. The quantitative estimate of drug-likeness (QED) is 0.740. The van der Waals surface area contributed by atoms with E-state index in [0.29, 0.717) is 5.56 Å². The van der Waals surface area contributed by atoms with Crippen LogP contribution in [0.25, 0.3) is 0 Å². The van der Waals surface area contributed by atoms with Gasteiger partial charge in [0.2, 0.25) is 0 Å². The average Bonchev–Trinajstić information content (AvgIpc) is 2.15. The first-order chi connectivity index (χ1) is 6.61. The first kappa shape index (κ1) is 10.7. The molecule has 0 spiro atoms. The SMILES string of the molecule is Cc1ccccc1C(=O)OCC(C)N. The van der Waals surface area contributed by atoms with Crippen LogP contribution >= 0.6 is 0 Å². The van der Waals surface area contributed by atoms with Crippen LogP contribution in [0.2, 0.25) is 0 Å². The maximum atomic E-state index is 11.5. The van der Waals surface area contributed by atoms with Crippen molar-refractivity contribution in [1.82, 2.24) is 0 Å². The fraction of sp³-hybridized carbons (Fsp3) is 0.364. The van der Waals surface area contributed by atoms with E-state index in [1.807, 2.05) is 25.1 Å². The van der Waals surface area contributed by atoms with Gasteiger partial charge in [-0.05, 0) is 25.5 Å². The van der Waals surface area contributed by atoms with Crippen molar-refractivity contribution < 1.29 is 9.53 Å². The standard InChI is InChI=1S/C11H15NO2/c1-8-5-3-4-6-10(8)11(13)14-7-9(2)12/h3-6,9H,7,12H2,1-2H3. The summed E-state index contributed by atoms with van der Waals surface area (Å²) < 4.78 is 5.01. The lowest BCUT2D eigenvalue weighted by molar-refractivity contribution is 0.0486. The van der Waals surface area contributed by atoms with Crippen molar-refractivity contribution >= 4 is 5.97 Å². The molecule has 2 N–H and O–H groups in total. The molecule has 0 bridgehead atoms. The summed E-state index contributed by atoms with van der Waals surface area (Å²) in [6, 6.07) is 7.21. The molecular weight excluding hydrogens is 178 g/mol. The summed E-state index contributed by atoms with van der Waals surface area (Å²) in [7, 11) is 0. The molecule has 0 aromatic heterocycles. The van der Waals surface area contributed by atoms with Crippen LogP contribution in [0.15, 0.2) is 24.3 Å². The van der Waals surface area contributed by atoms with Crippen LogP contribution in [-0.2, 0) is 4.74 Å². The van der Waals surface area contributed by atoms with Crippen LogP contribution in [0.4, 0.5) is 0 Å². The molecule has 0 saturated carbocycles. The number of benzene rings is 1. The molecule has 0 aliphatic carbocycles. The molecule has 0 aliphatic heterocycles. The normalized spacial score (nSPS) is 12.2. The third-order valence-electron chi connectivity index (χ3n) is 1.84. The van der Waals surface area contributed by atoms with Gasteiger partial charge in [0.1, 0.15) is 6.61 Å². The molecule has 0 heterocycles. The smallest absolute Gasteiger partial charge is 0.338 e. The predicted octanol–water partition coefficient (Wildman–Crippen LogP) is 1.50. The fourth-order valence-electron chi connectivity index (χ4n) is 1.09. The maximum absolute atomic E-state index is 11.5. The highest BCUT2D eigenvalue weighted by atomic mass is 16.5. The Kier molecular flexibility index (Phi) is 3.65. The van der Waals surface area contributed by atoms with E-state index in [9.17, 15) is 4.79 Å². The Morgan fingerprint density at radius 1 is 1.50 bits per heavy atom. The van der Waals surface area contributed by atoms with Gasteiger partial charge in [0.25, 0.3) is 0 Å². The highest BCUT2D eigenvalue weighted by Crippen LogP contribution is 2.08. The number of rotatable bonds is 3. The Balaban J connectivity index is 2.65. The summed E-state index contributed by atoms with van der Waals surface area (Å²) >= 11 is 0. The van der Waals surface area contributed by atoms with Crippen LogP contribution in [0, 0.1) is 6.92 Å². The lowest BCUT2D eigenvalue weighted by Crippen LogP contribution is -2.24. The molecule has 0 fully saturated rings. The molecule has 1 unspecified atom stereocenters. The zero-order chi connectivity index (χ0) is 10.6. The lowest BCUT2D eigenvalue weighted by atomic mass is 10.1. The monoisotopic (exact) mass is 193 g/mol. The van der Waals surface area contributed by atoms with Crippen LogP contribution in [0.1, 0.15) is 22.8 Å². The summed E-state index contributed by atoms with van der Waals surface area (Å²) in [5, 5.41) is 0. The molecule has 1 atom stereocenters. The zero-order valence-corrected chi connectivity index (χ0v) is 8.49. The topological polar surface area (TPSA) is 52.3 Å². The van der Waals surface area contributed by atoms with Gasteiger partial charge in [-0.1, -0.05) is 18.2 Å². The van der Waals surface area contributed by atoms with Crippen molar-refractivity contribution in [2.45, 2.75) is 19.9 Å². The van der Waals surface area contributed by atoms with E-state index in [1.165, 1.54) is 0 Å². The second-order valence-corrected chi connectivity index (χ2v) is 3.39. The van der Waals surface area contributed by atoms with E-state index in [-0.39, 0.29) is 18.6 Å². The second kappa shape index (κ2) is 4.77. The largest absolute Gasteiger partial charge is 0.460 e. The molecule has 0 saturated heterocycles. The van der Waals surface area contributed by atoms with Crippen molar-refractivity contribution in [3.63, 3.8) is 0 Å². The second-order valence-electron chi connectivity index (χ2n) is 3.39. The number of nitrogens with two attached hydrogens (primary N) is 1. The van der Waals surface area contributed by atoms with Gasteiger partial charge in [0.15, 0.2) is 0 Å². The van der Waals surface area contributed by atoms with E-state index in [4.69, 9.17) is 10.5 Å². The van der Waals surface area contributed by atoms with E-state index in [0.717, 1.165) is 5.56 Å². The molecule has 1 aromatic carbocycles. The highest BCUT2D eigenvalue weighted by Gasteiger charge is 2.09. The maximum Gasteiger partial charge on any atom is 0.338 e. The first-order valence-corrected chi connectivity index (χ1v) is 4.59. The Labute approximate surface area is 83.9 Å². The zero-order valence-electron chi connectivity index (χ0n) is 8.49. The van der Waals surface area contributed by atoms with Crippen LogP contribution < -0.4 is 5.73 Å². The number of ether oxygens (including phenoxy) is 1. The highest BCUT2D eigenvalue weighted by molar-refractivity contribution is 5.90. The third kappa shape index (κ3) is 2.85. The number of hydrogen-bond donors (Lipinski definition) is 1. The summed E-state index contributed by atoms with van der Waals surface area (Å²) in [6.07, 6.45) is 0. The average molecular weight is 193 g/mol. The molecule has 14 heavy (non-hydrogen) atoms. The molecule has 1 rings (SSSR count). The van der Waals surface area contributed by atoms with Gasteiger partial charge in [-0.25, -0.2) is 4.79 Å². The van der Waals surface area contributed by atoms with Crippen LogP contribution in [-0.4, -0.2) is 18.6 Å². The van der Waals surface area contributed by atoms with Gasteiger partial charge in [-0.15, -0.1) is 0 Å². The van der Waals surface area contributed by atoms with Crippen molar-refractivity contribution in [2.24, 2.45) is 5.73 Å². The molecule has 3 nitrogen and oxygen atoms in total. The predicted molar refractivity (Wildman–Crippen MR) is 55.1 cm³/mol. The van der Waals surface area contributed by atoms with Gasteiger partial charge < -0.3 is 10.5 Å². The summed E-state index contributed by atoms with van der Waals surface area (Å²) in [5.74, 6) is -0.305. The molecule has 1 aromatic rings. The summed E-state index contributed by atoms with van der Waals surface area (Å²) in [6.45, 7) is 3.93. The molecule has 3 heteroatoms. The summed E-state index contributed by atoms with van der Waals surface area (Å²) in [4.78, 5) is 11.5. The minimum Gasteiger partial charge on any atom is -0.460 e. The van der Waals surface area contributed by atoms with Crippen molar-refractivity contribution in [3.8, 4) is 0 Å². The Bertz CT molecular complexity index is 321. The summed E-state index contributed by atoms with van der Waals surface area (Å²) in [5.41, 5.74) is 7.00. The molecule has 0 amide bonds. The van der Waals surface area contributed by atoms with Crippen LogP contribution in [0.3, 0.4) is 0 Å². The van der Waals surface area contributed by atoms with Crippen molar-refractivity contribution in [3.05, 3.63) is 35.4 Å². The Hall–Kier alpha value is -1.35. The molecule has 76 valence electrons. The van der Waals surface area contributed by atoms with Crippen LogP contribution in [0.5, 0.6) is 0 Å². The minimum absolute atomic E-state index is 0.122. The van der Waals surface area contributed by atoms with Gasteiger partial charge in [0.05, 0.1) is 5.56 Å². The number of esters is 1.